The minimum Gasteiger partial charge on any atom is -0.397 e. The summed E-state index contributed by atoms with van der Waals surface area (Å²) in [5.41, 5.74) is 8.42. The molecule has 0 saturated heterocycles. The number of hydrogen-bond donors (Lipinski definition) is 3. The lowest BCUT2D eigenvalue weighted by Gasteiger charge is -2.11. The van der Waals surface area contributed by atoms with Crippen molar-refractivity contribution in [3.8, 4) is 0 Å². The number of nitrogen functional groups attached to an aromatic ring is 1. The van der Waals surface area contributed by atoms with Crippen LogP contribution >= 0.6 is 11.6 Å². The molecule has 0 aliphatic rings. The molecule has 1 heterocycles. The van der Waals surface area contributed by atoms with Crippen LogP contribution in [0.15, 0.2) is 36.5 Å². The minimum atomic E-state index is -0.368. The molecule has 0 unspecified atom stereocenters. The lowest BCUT2D eigenvalue weighted by Crippen LogP contribution is -1.97. The summed E-state index contributed by atoms with van der Waals surface area (Å²) >= 11 is 6.01. The van der Waals surface area contributed by atoms with Gasteiger partial charge in [-0.25, -0.2) is 4.39 Å². The Balaban J connectivity index is 2.04. The molecule has 0 fully saturated rings. The first kappa shape index (κ1) is 11.8. The van der Waals surface area contributed by atoms with Gasteiger partial charge in [-0.05, 0) is 30.3 Å². The molecule has 0 aliphatic carbocycles. The first-order valence-corrected chi connectivity index (χ1v) is 5.96. The number of rotatable bonds is 2. The fourth-order valence-electron chi connectivity index (χ4n) is 1.86. The lowest BCUT2D eigenvalue weighted by atomic mass is 10.2. The maximum atomic E-state index is 13.2. The van der Waals surface area contributed by atoms with Crippen molar-refractivity contribution in [2.45, 2.75) is 0 Å². The third-order valence-corrected chi connectivity index (χ3v) is 3.14. The number of nitrogens with two attached hydrogens (primary N) is 1. The van der Waals surface area contributed by atoms with Gasteiger partial charge in [0.05, 0.1) is 33.8 Å². The Morgan fingerprint density at radius 3 is 2.89 bits per heavy atom. The van der Waals surface area contributed by atoms with Gasteiger partial charge in [-0.2, -0.15) is 5.10 Å². The molecule has 4 nitrogen and oxygen atoms in total. The molecule has 0 saturated carbocycles. The Labute approximate surface area is 113 Å². The number of aromatic nitrogens is 2. The normalized spacial score (nSPS) is 10.8. The topological polar surface area (TPSA) is 66.7 Å². The maximum Gasteiger partial charge on any atom is 0.125 e. The number of aromatic amines is 1. The van der Waals surface area contributed by atoms with E-state index in [1.54, 1.807) is 18.3 Å². The molecule has 96 valence electrons. The highest BCUT2D eigenvalue weighted by Crippen LogP contribution is 2.31. The number of halogens is 2. The zero-order valence-electron chi connectivity index (χ0n) is 9.74. The van der Waals surface area contributed by atoms with Gasteiger partial charge in [0.15, 0.2) is 0 Å². The van der Waals surface area contributed by atoms with Crippen LogP contribution in [0.5, 0.6) is 0 Å². The average molecular weight is 277 g/mol. The number of nitrogens with zero attached hydrogens (tertiary/aromatic N) is 1. The molecule has 2 aromatic carbocycles. The van der Waals surface area contributed by atoms with E-state index in [2.05, 4.69) is 15.5 Å². The van der Waals surface area contributed by atoms with Crippen LogP contribution in [0.2, 0.25) is 5.02 Å². The summed E-state index contributed by atoms with van der Waals surface area (Å²) in [6, 6.07) is 7.70. The van der Waals surface area contributed by atoms with Crippen molar-refractivity contribution < 1.29 is 4.39 Å². The fourth-order valence-corrected chi connectivity index (χ4v) is 2.02. The van der Waals surface area contributed by atoms with Crippen molar-refractivity contribution in [3.63, 3.8) is 0 Å². The van der Waals surface area contributed by atoms with E-state index in [0.29, 0.717) is 22.1 Å². The first-order chi connectivity index (χ1) is 9.13. The Morgan fingerprint density at radius 1 is 1.21 bits per heavy atom. The van der Waals surface area contributed by atoms with Crippen molar-refractivity contribution in [2.24, 2.45) is 0 Å². The van der Waals surface area contributed by atoms with Crippen LogP contribution in [0, 0.1) is 5.82 Å². The lowest BCUT2D eigenvalue weighted by molar-refractivity contribution is 0.628. The highest BCUT2D eigenvalue weighted by molar-refractivity contribution is 6.33. The zero-order valence-corrected chi connectivity index (χ0v) is 10.5. The quantitative estimate of drug-likeness (QED) is 0.626. The van der Waals surface area contributed by atoms with E-state index in [4.69, 9.17) is 17.3 Å². The predicted octanol–water partition coefficient (Wildman–Crippen LogP) is 3.68. The summed E-state index contributed by atoms with van der Waals surface area (Å²) < 4.78 is 13.2. The van der Waals surface area contributed by atoms with Gasteiger partial charge < -0.3 is 11.1 Å². The molecule has 0 aliphatic heterocycles. The maximum absolute atomic E-state index is 13.2. The summed E-state index contributed by atoms with van der Waals surface area (Å²) in [4.78, 5) is 0. The molecule has 0 amide bonds. The number of benzene rings is 2. The van der Waals surface area contributed by atoms with Gasteiger partial charge in [-0.15, -0.1) is 0 Å². The van der Waals surface area contributed by atoms with Crippen molar-refractivity contribution in [1.82, 2.24) is 10.2 Å². The van der Waals surface area contributed by atoms with Gasteiger partial charge in [0.2, 0.25) is 0 Å². The van der Waals surface area contributed by atoms with E-state index >= 15 is 0 Å². The predicted molar refractivity (Wildman–Crippen MR) is 75.2 cm³/mol. The molecule has 3 rings (SSSR count). The van der Waals surface area contributed by atoms with Gasteiger partial charge in [-0.1, -0.05) is 11.6 Å². The average Bonchev–Trinajstić information content (AvgIpc) is 2.81. The smallest absolute Gasteiger partial charge is 0.125 e. The minimum absolute atomic E-state index is 0.368. The van der Waals surface area contributed by atoms with E-state index in [1.165, 1.54) is 18.2 Å². The van der Waals surface area contributed by atoms with Crippen LogP contribution in [0.3, 0.4) is 0 Å². The molecule has 4 N–H and O–H groups in total. The van der Waals surface area contributed by atoms with Crippen LogP contribution in [0.4, 0.5) is 21.5 Å². The zero-order chi connectivity index (χ0) is 13.4. The number of H-pyrrole nitrogens is 1. The molecule has 3 aromatic rings. The largest absolute Gasteiger partial charge is 0.397 e. The summed E-state index contributed by atoms with van der Waals surface area (Å²) in [6.45, 7) is 0. The SMILES string of the molecule is Nc1cc2cn[nH]c2cc1Nc1cc(F)ccc1Cl. The molecular weight excluding hydrogens is 267 g/mol. The van der Waals surface area contributed by atoms with Crippen LogP contribution in [-0.2, 0) is 0 Å². The number of fused-ring (bicyclic) bond motifs is 1. The third-order valence-electron chi connectivity index (χ3n) is 2.81. The standard InChI is InChI=1S/C13H10ClFN4/c14-9-2-1-8(15)4-12(9)18-13-5-11-7(3-10(13)16)6-17-19-11/h1-6,18H,16H2,(H,17,19). The number of anilines is 3. The van der Waals surface area contributed by atoms with Gasteiger partial charge in [0.25, 0.3) is 0 Å². The second-order valence-corrected chi connectivity index (χ2v) is 4.55. The summed E-state index contributed by atoms with van der Waals surface area (Å²) in [5, 5.41) is 11.1. The molecule has 0 spiro atoms. The summed E-state index contributed by atoms with van der Waals surface area (Å²) in [5.74, 6) is -0.368. The molecular formula is C13H10ClFN4. The van der Waals surface area contributed by atoms with E-state index in [0.717, 1.165) is 10.9 Å². The molecule has 19 heavy (non-hydrogen) atoms. The van der Waals surface area contributed by atoms with E-state index in [1.807, 2.05) is 0 Å². The van der Waals surface area contributed by atoms with Crippen LogP contribution in [-0.4, -0.2) is 10.2 Å². The summed E-state index contributed by atoms with van der Waals surface area (Å²) in [7, 11) is 0. The fraction of sp³-hybridized carbons (Fsp3) is 0. The van der Waals surface area contributed by atoms with Crippen molar-refractivity contribution >= 4 is 39.6 Å². The van der Waals surface area contributed by atoms with E-state index in [-0.39, 0.29) is 5.82 Å². The van der Waals surface area contributed by atoms with Crippen molar-refractivity contribution in [1.29, 1.82) is 0 Å². The molecule has 0 radical (unpaired) electrons. The van der Waals surface area contributed by atoms with Gasteiger partial charge in [0.1, 0.15) is 5.82 Å². The molecule has 1 aromatic heterocycles. The van der Waals surface area contributed by atoms with E-state index < -0.39 is 0 Å². The monoisotopic (exact) mass is 276 g/mol. The summed E-state index contributed by atoms with van der Waals surface area (Å²) in [6.07, 6.45) is 1.69. The Kier molecular flexibility index (Phi) is 2.76. The van der Waals surface area contributed by atoms with Gasteiger partial charge in [-0.3, -0.25) is 5.10 Å². The Bertz CT molecular complexity index is 753. The van der Waals surface area contributed by atoms with Gasteiger partial charge >= 0.3 is 0 Å². The molecule has 0 bridgehead atoms. The first-order valence-electron chi connectivity index (χ1n) is 5.58. The van der Waals surface area contributed by atoms with Crippen LogP contribution in [0.1, 0.15) is 0 Å². The number of hydrogen-bond acceptors (Lipinski definition) is 3. The Hall–Kier alpha value is -2.27. The second kappa shape index (κ2) is 4.44. The second-order valence-electron chi connectivity index (χ2n) is 4.15. The highest BCUT2D eigenvalue weighted by Gasteiger charge is 2.07. The van der Waals surface area contributed by atoms with Gasteiger partial charge in [0, 0.05) is 5.39 Å². The van der Waals surface area contributed by atoms with Crippen molar-refractivity contribution in [3.05, 3.63) is 47.4 Å². The third kappa shape index (κ3) is 2.20. The van der Waals surface area contributed by atoms with Crippen molar-refractivity contribution in [2.75, 3.05) is 11.1 Å². The van der Waals surface area contributed by atoms with Crippen LogP contribution in [0.25, 0.3) is 10.9 Å². The number of nitrogens with one attached hydrogen (secondary N) is 2. The van der Waals surface area contributed by atoms with Crippen LogP contribution < -0.4 is 11.1 Å². The molecule has 6 heteroatoms. The Morgan fingerprint density at radius 2 is 2.05 bits per heavy atom. The van der Waals surface area contributed by atoms with E-state index in [9.17, 15) is 4.39 Å². The highest BCUT2D eigenvalue weighted by atomic mass is 35.5. The molecule has 0 atom stereocenters.